The van der Waals surface area contributed by atoms with Gasteiger partial charge >= 0.3 is 0 Å². The molecule has 4 rings (SSSR count). The molecule has 2 aromatic carbocycles. The van der Waals surface area contributed by atoms with Gasteiger partial charge in [-0.05, 0) is 63.2 Å². The maximum absolute atomic E-state index is 13.3. The van der Waals surface area contributed by atoms with E-state index in [9.17, 15) is 8.42 Å². The lowest BCUT2D eigenvalue weighted by atomic mass is 10.1. The summed E-state index contributed by atoms with van der Waals surface area (Å²) in [5, 5.41) is 3.52. The molecule has 2 atom stereocenters. The number of para-hydroxylation sites is 1. The second-order valence-electron chi connectivity index (χ2n) is 8.41. The normalized spacial score (nSPS) is 18.5. The lowest BCUT2D eigenvalue weighted by molar-refractivity contribution is 0.341. The van der Waals surface area contributed by atoms with Crippen molar-refractivity contribution in [3.63, 3.8) is 0 Å². The molecule has 0 amide bonds. The van der Waals surface area contributed by atoms with E-state index in [4.69, 9.17) is 9.47 Å². The minimum Gasteiger partial charge on any atom is -0.495 e. The number of ether oxygens (including phenoxy) is 2. The van der Waals surface area contributed by atoms with Gasteiger partial charge in [0.2, 0.25) is 0 Å². The van der Waals surface area contributed by atoms with Crippen molar-refractivity contribution in [1.82, 2.24) is 5.32 Å². The number of benzene rings is 2. The quantitative estimate of drug-likeness (QED) is 0.461. The third-order valence-electron chi connectivity index (χ3n) is 5.65. The summed E-state index contributed by atoms with van der Waals surface area (Å²) in [4.78, 5) is 3.09. The smallest absolute Gasteiger partial charge is 0.271 e. The fourth-order valence-electron chi connectivity index (χ4n) is 4.27. The summed E-state index contributed by atoms with van der Waals surface area (Å²) in [6.45, 7) is 8.44. The Morgan fingerprint density at radius 3 is 2.50 bits per heavy atom. The predicted octanol–water partition coefficient (Wildman–Crippen LogP) is 4.81. The van der Waals surface area contributed by atoms with Crippen molar-refractivity contribution < 1.29 is 17.9 Å². The van der Waals surface area contributed by atoms with Gasteiger partial charge in [-0.1, -0.05) is 12.1 Å². The molecule has 1 saturated heterocycles. The second kappa shape index (κ2) is 10.2. The number of thiophene rings is 1. The van der Waals surface area contributed by atoms with E-state index in [0.717, 1.165) is 35.0 Å². The summed E-state index contributed by atoms with van der Waals surface area (Å²) < 4.78 is 40.8. The molecule has 9 heteroatoms. The van der Waals surface area contributed by atoms with Gasteiger partial charge in [0.05, 0.1) is 19.4 Å². The molecule has 0 radical (unpaired) electrons. The van der Waals surface area contributed by atoms with Crippen LogP contribution in [0.3, 0.4) is 0 Å². The van der Waals surface area contributed by atoms with Crippen LogP contribution in [0.4, 0.5) is 11.4 Å². The van der Waals surface area contributed by atoms with Crippen LogP contribution in [0.15, 0.2) is 58.8 Å². The number of piperazine rings is 1. The number of rotatable bonds is 8. The molecule has 1 aliphatic rings. The first-order chi connectivity index (χ1) is 16.3. The summed E-state index contributed by atoms with van der Waals surface area (Å²) >= 11 is 1.21. The van der Waals surface area contributed by atoms with Crippen LogP contribution in [0.2, 0.25) is 0 Å². The van der Waals surface area contributed by atoms with Crippen LogP contribution in [0.1, 0.15) is 20.8 Å². The van der Waals surface area contributed by atoms with E-state index >= 15 is 0 Å². The molecule has 34 heavy (non-hydrogen) atoms. The highest BCUT2D eigenvalue weighted by molar-refractivity contribution is 7.94. The molecular formula is C25H31N3O4S2. The van der Waals surface area contributed by atoms with Crippen molar-refractivity contribution in [3.8, 4) is 21.9 Å². The Bertz CT molecular complexity index is 1230. The molecule has 2 unspecified atom stereocenters. The zero-order chi connectivity index (χ0) is 24.3. The molecule has 3 aromatic rings. The minimum atomic E-state index is -3.81. The summed E-state index contributed by atoms with van der Waals surface area (Å²) in [5.74, 6) is 1.21. The maximum Gasteiger partial charge on any atom is 0.271 e. The zero-order valence-corrected chi connectivity index (χ0v) is 21.5. The Morgan fingerprint density at radius 1 is 1.06 bits per heavy atom. The van der Waals surface area contributed by atoms with Gasteiger partial charge in [0, 0.05) is 41.3 Å². The fourth-order valence-corrected chi connectivity index (χ4v) is 6.66. The van der Waals surface area contributed by atoms with Crippen LogP contribution in [-0.2, 0) is 10.0 Å². The molecule has 182 valence electrons. The molecule has 2 N–H and O–H groups in total. The number of anilines is 2. The van der Waals surface area contributed by atoms with Crippen molar-refractivity contribution in [2.24, 2.45) is 0 Å². The van der Waals surface area contributed by atoms with Gasteiger partial charge in [0.25, 0.3) is 10.0 Å². The Balaban J connectivity index is 1.61. The first-order valence-electron chi connectivity index (χ1n) is 11.3. The Hall–Kier alpha value is -2.75. The predicted molar refractivity (Wildman–Crippen MR) is 139 cm³/mol. The van der Waals surface area contributed by atoms with E-state index in [2.05, 4.69) is 28.8 Å². The molecule has 1 fully saturated rings. The van der Waals surface area contributed by atoms with Gasteiger partial charge in [0.1, 0.15) is 15.7 Å². The van der Waals surface area contributed by atoms with Crippen molar-refractivity contribution in [2.75, 3.05) is 36.4 Å². The first-order valence-corrected chi connectivity index (χ1v) is 13.6. The van der Waals surface area contributed by atoms with Crippen molar-refractivity contribution in [3.05, 3.63) is 54.6 Å². The molecule has 7 nitrogen and oxygen atoms in total. The highest BCUT2D eigenvalue weighted by atomic mass is 32.2. The van der Waals surface area contributed by atoms with Crippen molar-refractivity contribution >= 4 is 32.7 Å². The summed E-state index contributed by atoms with van der Waals surface area (Å²) in [6.07, 6.45) is 0. The first kappa shape index (κ1) is 24.4. The summed E-state index contributed by atoms with van der Waals surface area (Å²) in [7, 11) is -2.27. The van der Waals surface area contributed by atoms with Gasteiger partial charge in [-0.3, -0.25) is 4.72 Å². The summed E-state index contributed by atoms with van der Waals surface area (Å²) in [5.41, 5.74) is 2.25. The average molecular weight is 502 g/mol. The largest absolute Gasteiger partial charge is 0.495 e. The van der Waals surface area contributed by atoms with Gasteiger partial charge in [-0.25, -0.2) is 8.42 Å². The van der Waals surface area contributed by atoms with Crippen molar-refractivity contribution in [2.45, 2.75) is 37.1 Å². The van der Waals surface area contributed by atoms with Gasteiger partial charge in [0.15, 0.2) is 0 Å². The lowest BCUT2D eigenvalue weighted by Crippen LogP contribution is -2.54. The maximum atomic E-state index is 13.3. The lowest BCUT2D eigenvalue weighted by Gasteiger charge is -2.38. The average Bonchev–Trinajstić information content (AvgIpc) is 3.30. The third-order valence-corrected chi connectivity index (χ3v) is 8.62. The fraction of sp³-hybridized carbons (Fsp3) is 0.360. The Kier molecular flexibility index (Phi) is 7.35. The minimum absolute atomic E-state index is 0.227. The van der Waals surface area contributed by atoms with Crippen LogP contribution < -0.4 is 24.4 Å². The number of hydrogen-bond donors (Lipinski definition) is 2. The van der Waals surface area contributed by atoms with Gasteiger partial charge in [-0.2, -0.15) is 0 Å². The summed E-state index contributed by atoms with van der Waals surface area (Å²) in [6, 6.07) is 17.4. The Morgan fingerprint density at radius 2 is 1.79 bits per heavy atom. The van der Waals surface area contributed by atoms with E-state index in [0.29, 0.717) is 30.1 Å². The number of sulfonamides is 1. The number of hydrogen-bond acceptors (Lipinski definition) is 7. The Labute approximate surface area is 205 Å². The molecular weight excluding hydrogens is 470 g/mol. The zero-order valence-electron chi connectivity index (χ0n) is 19.9. The van der Waals surface area contributed by atoms with Crippen LogP contribution in [0, 0.1) is 0 Å². The molecule has 2 heterocycles. The van der Waals surface area contributed by atoms with E-state index in [1.165, 1.54) is 18.4 Å². The molecule has 0 bridgehead atoms. The molecule has 1 aliphatic heterocycles. The highest BCUT2D eigenvalue weighted by Crippen LogP contribution is 2.38. The molecule has 0 spiro atoms. The van der Waals surface area contributed by atoms with Crippen LogP contribution >= 0.6 is 11.3 Å². The van der Waals surface area contributed by atoms with E-state index in [1.54, 1.807) is 6.07 Å². The number of nitrogens with zero attached hydrogens (tertiary/aromatic N) is 1. The third kappa shape index (κ3) is 5.32. The molecule has 0 aliphatic carbocycles. The van der Waals surface area contributed by atoms with Crippen LogP contribution in [-0.4, -0.2) is 47.3 Å². The van der Waals surface area contributed by atoms with E-state index in [1.807, 2.05) is 55.5 Å². The standard InChI is InChI=1S/C25H31N3O4S2/c1-5-32-22-9-7-6-8-20(22)24-12-13-25(33-24)34(29,30)27-21-14-19(10-11-23(21)31-4)28-15-17(2)26-18(3)16-28/h6-14,17-18,26-27H,5,15-16H2,1-4H3. The molecule has 0 saturated carbocycles. The van der Waals surface area contributed by atoms with Gasteiger partial charge in [-0.15, -0.1) is 11.3 Å². The monoisotopic (exact) mass is 501 g/mol. The van der Waals surface area contributed by atoms with E-state index < -0.39 is 10.0 Å². The topological polar surface area (TPSA) is 79.9 Å². The highest BCUT2D eigenvalue weighted by Gasteiger charge is 2.24. The number of nitrogens with one attached hydrogen (secondary N) is 2. The van der Waals surface area contributed by atoms with Crippen LogP contribution in [0.25, 0.3) is 10.4 Å². The SMILES string of the molecule is CCOc1ccccc1-c1ccc(S(=O)(=O)Nc2cc(N3CC(C)NC(C)C3)ccc2OC)s1. The second-order valence-corrected chi connectivity index (χ2v) is 11.4. The molecule has 1 aromatic heterocycles. The number of methoxy groups -OCH3 is 1. The van der Waals surface area contributed by atoms with E-state index in [-0.39, 0.29) is 4.21 Å². The van der Waals surface area contributed by atoms with Crippen LogP contribution in [0.5, 0.6) is 11.5 Å². The van der Waals surface area contributed by atoms with Gasteiger partial charge < -0.3 is 19.7 Å². The van der Waals surface area contributed by atoms with Crippen molar-refractivity contribution in [1.29, 1.82) is 0 Å².